The van der Waals surface area contributed by atoms with Gasteiger partial charge in [-0.2, -0.15) is 0 Å². The Balaban J connectivity index is 2.02. The van der Waals surface area contributed by atoms with Crippen LogP contribution in [0.25, 0.3) is 0 Å². The molecule has 2 fully saturated rings. The van der Waals surface area contributed by atoms with Gasteiger partial charge in [0, 0.05) is 24.0 Å². The van der Waals surface area contributed by atoms with Crippen molar-refractivity contribution < 1.29 is 4.74 Å². The molecule has 4 unspecified atom stereocenters. The van der Waals surface area contributed by atoms with Gasteiger partial charge >= 0.3 is 0 Å². The van der Waals surface area contributed by atoms with Crippen molar-refractivity contribution in [3.05, 3.63) is 0 Å². The van der Waals surface area contributed by atoms with Crippen molar-refractivity contribution in [2.45, 2.75) is 45.4 Å². The molecule has 14 heavy (non-hydrogen) atoms. The first-order valence-electron chi connectivity index (χ1n) is 5.41. The minimum atomic E-state index is 0.167. The van der Waals surface area contributed by atoms with E-state index in [9.17, 15) is 0 Å². The summed E-state index contributed by atoms with van der Waals surface area (Å²) < 4.78 is 5.72. The Morgan fingerprint density at radius 1 is 1.57 bits per heavy atom. The first kappa shape index (κ1) is 10.0. The predicted octanol–water partition coefficient (Wildman–Crippen LogP) is 1.41. The van der Waals surface area contributed by atoms with Gasteiger partial charge < -0.3 is 10.1 Å². The average Bonchev–Trinajstić information content (AvgIpc) is 2.60. The second kappa shape index (κ2) is 3.25. The van der Waals surface area contributed by atoms with Crippen LogP contribution in [0.1, 0.15) is 27.2 Å². The quantitative estimate of drug-likeness (QED) is 0.670. The van der Waals surface area contributed by atoms with Gasteiger partial charge in [0.25, 0.3) is 0 Å². The van der Waals surface area contributed by atoms with Crippen LogP contribution in [0.2, 0.25) is 0 Å². The minimum Gasteiger partial charge on any atom is -0.377 e. The summed E-state index contributed by atoms with van der Waals surface area (Å²) in [4.78, 5) is 0. The molecule has 1 aliphatic carbocycles. The van der Waals surface area contributed by atoms with Gasteiger partial charge in [-0.25, -0.2) is 0 Å². The second-order valence-electron chi connectivity index (χ2n) is 5.10. The normalized spacial score (nSPS) is 40.9. The van der Waals surface area contributed by atoms with Crippen LogP contribution in [0, 0.1) is 23.7 Å². The number of rotatable bonds is 2. The Kier molecular flexibility index (Phi) is 2.33. The van der Waals surface area contributed by atoms with E-state index in [2.05, 4.69) is 25.1 Å². The fraction of sp³-hybridized carbons (Fsp3) is 0.833. The summed E-state index contributed by atoms with van der Waals surface area (Å²) in [7, 11) is 0. The molecule has 4 atom stereocenters. The van der Waals surface area contributed by atoms with Crippen molar-refractivity contribution in [3.63, 3.8) is 0 Å². The largest absolute Gasteiger partial charge is 0.377 e. The monoisotopic (exact) mass is 193 g/mol. The van der Waals surface area contributed by atoms with E-state index in [1.54, 1.807) is 0 Å². The van der Waals surface area contributed by atoms with Crippen LogP contribution in [-0.4, -0.2) is 24.8 Å². The molecule has 1 aliphatic heterocycles. The maximum Gasteiger partial charge on any atom is 0.0685 e. The Hall–Kier alpha value is -0.520. The van der Waals surface area contributed by atoms with Crippen molar-refractivity contribution in [1.29, 1.82) is 0 Å². The molecule has 0 radical (unpaired) electrons. The van der Waals surface area contributed by atoms with Gasteiger partial charge in [0.2, 0.25) is 0 Å². The summed E-state index contributed by atoms with van der Waals surface area (Å²) in [6.45, 7) is 7.49. The maximum absolute atomic E-state index is 5.72. The summed E-state index contributed by atoms with van der Waals surface area (Å²) in [5.41, 5.74) is 0.242. The van der Waals surface area contributed by atoms with Gasteiger partial charge in [0.1, 0.15) is 0 Å². The van der Waals surface area contributed by atoms with Crippen molar-refractivity contribution >= 4 is 0 Å². The lowest BCUT2D eigenvalue weighted by Gasteiger charge is -2.55. The lowest BCUT2D eigenvalue weighted by atomic mass is 9.57. The Morgan fingerprint density at radius 2 is 2.29 bits per heavy atom. The van der Waals surface area contributed by atoms with Gasteiger partial charge in [-0.05, 0) is 13.3 Å². The highest BCUT2D eigenvalue weighted by Gasteiger charge is 2.59. The Bertz CT molecular complexity index is 266. The van der Waals surface area contributed by atoms with Crippen molar-refractivity contribution in [2.24, 2.45) is 11.3 Å². The van der Waals surface area contributed by atoms with Gasteiger partial charge in [-0.3, -0.25) is 0 Å². The summed E-state index contributed by atoms with van der Waals surface area (Å²) in [6, 6.07) is 0.696. The van der Waals surface area contributed by atoms with Gasteiger partial charge in [-0.1, -0.05) is 19.8 Å². The van der Waals surface area contributed by atoms with Crippen molar-refractivity contribution in [1.82, 2.24) is 5.32 Å². The number of fused-ring (bicyclic) bond motifs is 1. The lowest BCUT2D eigenvalue weighted by molar-refractivity contribution is -0.113. The second-order valence-corrected chi connectivity index (χ2v) is 5.10. The van der Waals surface area contributed by atoms with E-state index in [4.69, 9.17) is 11.2 Å². The Labute approximate surface area is 86.4 Å². The summed E-state index contributed by atoms with van der Waals surface area (Å²) in [6.07, 6.45) is 7.01. The van der Waals surface area contributed by atoms with Crippen LogP contribution in [0.3, 0.4) is 0 Å². The van der Waals surface area contributed by atoms with E-state index in [-0.39, 0.29) is 11.5 Å². The zero-order chi connectivity index (χ0) is 10.3. The van der Waals surface area contributed by atoms with E-state index in [0.29, 0.717) is 18.1 Å². The summed E-state index contributed by atoms with van der Waals surface area (Å²) >= 11 is 0. The molecular weight excluding hydrogens is 174 g/mol. The molecule has 1 saturated heterocycles. The average molecular weight is 193 g/mol. The fourth-order valence-corrected chi connectivity index (χ4v) is 2.98. The van der Waals surface area contributed by atoms with Crippen LogP contribution in [0.4, 0.5) is 0 Å². The fourth-order valence-electron chi connectivity index (χ4n) is 2.98. The Morgan fingerprint density at radius 3 is 2.93 bits per heavy atom. The third-order valence-electron chi connectivity index (χ3n) is 3.78. The molecule has 78 valence electrons. The van der Waals surface area contributed by atoms with Crippen LogP contribution in [0.15, 0.2) is 0 Å². The third kappa shape index (κ3) is 1.27. The molecule has 0 spiro atoms. The molecule has 0 amide bonds. The third-order valence-corrected chi connectivity index (χ3v) is 3.78. The van der Waals surface area contributed by atoms with Crippen molar-refractivity contribution in [3.8, 4) is 12.3 Å². The molecule has 0 aromatic carbocycles. The lowest BCUT2D eigenvalue weighted by Crippen LogP contribution is -2.66. The number of terminal acetylenes is 1. The molecule has 1 heterocycles. The zero-order valence-electron chi connectivity index (χ0n) is 9.21. The van der Waals surface area contributed by atoms with E-state index < -0.39 is 0 Å². The topological polar surface area (TPSA) is 21.3 Å². The predicted molar refractivity (Wildman–Crippen MR) is 56.8 cm³/mol. The number of hydrogen-bond donors (Lipinski definition) is 1. The van der Waals surface area contributed by atoms with E-state index >= 15 is 0 Å². The highest BCUT2D eigenvalue weighted by atomic mass is 16.5. The standard InChI is InChI=1S/C12H19NO/c1-5-8(2)13-10-9-6-7-14-11(9)12(10,3)4/h1,8-11,13H,6-7H2,2-4H3. The van der Waals surface area contributed by atoms with Crippen LogP contribution in [0.5, 0.6) is 0 Å². The summed E-state index contributed by atoms with van der Waals surface area (Å²) in [5, 5.41) is 3.51. The molecule has 0 aromatic rings. The molecule has 2 rings (SSSR count). The van der Waals surface area contributed by atoms with Crippen LogP contribution >= 0.6 is 0 Å². The molecule has 2 aliphatic rings. The molecule has 2 heteroatoms. The van der Waals surface area contributed by atoms with Crippen LogP contribution in [-0.2, 0) is 4.74 Å². The number of nitrogens with one attached hydrogen (secondary N) is 1. The molecular formula is C12H19NO. The molecule has 2 nitrogen and oxygen atoms in total. The van der Waals surface area contributed by atoms with Crippen molar-refractivity contribution in [2.75, 3.05) is 6.61 Å². The molecule has 0 bridgehead atoms. The smallest absolute Gasteiger partial charge is 0.0685 e. The van der Waals surface area contributed by atoms with E-state index in [1.165, 1.54) is 6.42 Å². The molecule has 1 saturated carbocycles. The van der Waals surface area contributed by atoms with Gasteiger partial charge in [0.05, 0.1) is 12.1 Å². The van der Waals surface area contributed by atoms with Gasteiger partial charge in [-0.15, -0.1) is 6.42 Å². The minimum absolute atomic E-state index is 0.167. The highest BCUT2D eigenvalue weighted by Crippen LogP contribution is 2.52. The highest BCUT2D eigenvalue weighted by molar-refractivity contribution is 5.13. The number of ether oxygens (including phenoxy) is 1. The van der Waals surface area contributed by atoms with E-state index in [0.717, 1.165) is 6.61 Å². The maximum atomic E-state index is 5.72. The van der Waals surface area contributed by atoms with Crippen LogP contribution < -0.4 is 5.32 Å². The summed E-state index contributed by atoms with van der Waals surface area (Å²) in [5.74, 6) is 3.41. The SMILES string of the molecule is C#CC(C)NC1C2CCOC2C1(C)C. The first-order valence-corrected chi connectivity index (χ1v) is 5.41. The van der Waals surface area contributed by atoms with E-state index in [1.807, 2.05) is 6.92 Å². The zero-order valence-corrected chi connectivity index (χ0v) is 9.21. The molecule has 1 N–H and O–H groups in total. The first-order chi connectivity index (χ1) is 6.57. The number of hydrogen-bond acceptors (Lipinski definition) is 2. The molecule has 0 aromatic heterocycles. The van der Waals surface area contributed by atoms with Gasteiger partial charge in [0.15, 0.2) is 0 Å².